The molecule has 0 aliphatic rings. The first-order chi connectivity index (χ1) is 8.61. The van der Waals surface area contributed by atoms with E-state index in [-0.39, 0.29) is 5.82 Å². The highest BCUT2D eigenvalue weighted by atomic mass is 35.5. The lowest BCUT2D eigenvalue weighted by Crippen LogP contribution is -2.13. The normalized spacial score (nSPS) is 12.4. The molecule has 3 heteroatoms. The van der Waals surface area contributed by atoms with Gasteiger partial charge in [-0.05, 0) is 35.7 Å². The van der Waals surface area contributed by atoms with Gasteiger partial charge < -0.3 is 5.73 Å². The van der Waals surface area contributed by atoms with Crippen LogP contribution in [0.3, 0.4) is 0 Å². The molecule has 0 saturated heterocycles. The lowest BCUT2D eigenvalue weighted by atomic mass is 9.98. The summed E-state index contributed by atoms with van der Waals surface area (Å²) in [5, 5.41) is 0.493. The highest BCUT2D eigenvalue weighted by molar-refractivity contribution is 6.30. The van der Waals surface area contributed by atoms with Crippen molar-refractivity contribution >= 4 is 11.6 Å². The molecule has 1 nitrogen and oxygen atoms in total. The molecule has 1 unspecified atom stereocenters. The van der Waals surface area contributed by atoms with E-state index in [2.05, 4.69) is 6.92 Å². The number of hydrogen-bond donors (Lipinski definition) is 1. The monoisotopic (exact) mass is 263 g/mol. The molecular weight excluding hydrogens is 249 g/mol. The Morgan fingerprint density at radius 2 is 1.83 bits per heavy atom. The Hall–Kier alpha value is -1.38. The van der Waals surface area contributed by atoms with Crippen LogP contribution in [0.1, 0.15) is 29.7 Å². The van der Waals surface area contributed by atoms with Gasteiger partial charge >= 0.3 is 0 Å². The molecule has 0 aliphatic carbocycles. The van der Waals surface area contributed by atoms with E-state index < -0.39 is 6.04 Å². The van der Waals surface area contributed by atoms with Crippen LogP contribution in [0, 0.1) is 5.82 Å². The lowest BCUT2D eigenvalue weighted by Gasteiger charge is -2.14. The number of halogens is 2. The maximum absolute atomic E-state index is 13.7. The molecule has 1 atom stereocenters. The first-order valence-electron chi connectivity index (χ1n) is 5.91. The number of aryl methyl sites for hydroxylation is 1. The highest BCUT2D eigenvalue weighted by Gasteiger charge is 2.13. The molecule has 0 amide bonds. The van der Waals surface area contributed by atoms with Gasteiger partial charge in [-0.2, -0.15) is 0 Å². The molecule has 0 heterocycles. The standard InChI is InChI=1S/C15H15ClFN/c1-2-10-3-5-11(6-4-10)15(18)13-9-12(16)7-8-14(13)17/h3-9,15H,2,18H2,1H3. The van der Waals surface area contributed by atoms with Crippen molar-refractivity contribution in [1.29, 1.82) is 0 Å². The highest BCUT2D eigenvalue weighted by Crippen LogP contribution is 2.25. The SMILES string of the molecule is CCc1ccc(C(N)c2cc(Cl)ccc2F)cc1. The molecule has 0 bridgehead atoms. The average Bonchev–Trinajstić information content (AvgIpc) is 2.41. The first-order valence-corrected chi connectivity index (χ1v) is 6.29. The molecule has 18 heavy (non-hydrogen) atoms. The second-order valence-electron chi connectivity index (χ2n) is 4.24. The summed E-state index contributed by atoms with van der Waals surface area (Å²) in [6, 6.07) is 11.8. The Bertz CT molecular complexity index is 537. The van der Waals surface area contributed by atoms with Crippen molar-refractivity contribution in [2.45, 2.75) is 19.4 Å². The van der Waals surface area contributed by atoms with Crippen molar-refractivity contribution in [2.24, 2.45) is 5.73 Å². The largest absolute Gasteiger partial charge is 0.320 e. The van der Waals surface area contributed by atoms with Crippen molar-refractivity contribution in [3.8, 4) is 0 Å². The van der Waals surface area contributed by atoms with Gasteiger partial charge in [0.05, 0.1) is 6.04 Å². The Kier molecular flexibility index (Phi) is 4.00. The zero-order chi connectivity index (χ0) is 13.1. The fourth-order valence-electron chi connectivity index (χ4n) is 1.89. The Morgan fingerprint density at radius 3 is 2.44 bits per heavy atom. The number of rotatable bonds is 3. The molecule has 0 saturated carbocycles. The second kappa shape index (κ2) is 5.51. The summed E-state index contributed by atoms with van der Waals surface area (Å²) in [5.74, 6) is -0.327. The molecule has 0 spiro atoms. The van der Waals surface area contributed by atoms with E-state index >= 15 is 0 Å². The fraction of sp³-hybridized carbons (Fsp3) is 0.200. The topological polar surface area (TPSA) is 26.0 Å². The van der Waals surface area contributed by atoms with Crippen LogP contribution in [-0.4, -0.2) is 0 Å². The molecule has 2 aromatic carbocycles. The predicted molar refractivity (Wildman–Crippen MR) is 73.3 cm³/mol. The summed E-state index contributed by atoms with van der Waals surface area (Å²) in [6.45, 7) is 2.09. The number of hydrogen-bond acceptors (Lipinski definition) is 1. The minimum atomic E-state index is -0.491. The van der Waals surface area contributed by atoms with Crippen LogP contribution in [0.15, 0.2) is 42.5 Å². The molecular formula is C15H15ClFN. The van der Waals surface area contributed by atoms with Crippen molar-refractivity contribution in [2.75, 3.05) is 0 Å². The third-order valence-corrected chi connectivity index (χ3v) is 3.28. The molecule has 0 aromatic heterocycles. The Labute approximate surface area is 111 Å². The minimum Gasteiger partial charge on any atom is -0.320 e. The van der Waals surface area contributed by atoms with Crippen LogP contribution in [0.5, 0.6) is 0 Å². The summed E-state index contributed by atoms with van der Waals surface area (Å²) in [4.78, 5) is 0. The van der Waals surface area contributed by atoms with E-state index in [1.165, 1.54) is 17.7 Å². The van der Waals surface area contributed by atoms with Crippen LogP contribution in [-0.2, 0) is 6.42 Å². The van der Waals surface area contributed by atoms with E-state index in [9.17, 15) is 4.39 Å². The smallest absolute Gasteiger partial charge is 0.128 e. The predicted octanol–water partition coefficient (Wildman–Crippen LogP) is 4.09. The van der Waals surface area contributed by atoms with Crippen molar-refractivity contribution < 1.29 is 4.39 Å². The van der Waals surface area contributed by atoms with Gasteiger partial charge in [-0.3, -0.25) is 0 Å². The molecule has 0 aliphatic heterocycles. The number of benzene rings is 2. The van der Waals surface area contributed by atoms with Crippen molar-refractivity contribution in [3.05, 3.63) is 70.0 Å². The van der Waals surface area contributed by atoms with Gasteiger partial charge in [0.1, 0.15) is 5.82 Å². The molecule has 2 aromatic rings. The summed E-state index contributed by atoms with van der Waals surface area (Å²) in [5.41, 5.74) is 8.62. The second-order valence-corrected chi connectivity index (χ2v) is 4.68. The maximum Gasteiger partial charge on any atom is 0.128 e. The van der Waals surface area contributed by atoms with E-state index in [0.29, 0.717) is 10.6 Å². The average molecular weight is 264 g/mol. The van der Waals surface area contributed by atoms with Crippen LogP contribution in [0.2, 0.25) is 5.02 Å². The fourth-order valence-corrected chi connectivity index (χ4v) is 2.07. The Morgan fingerprint density at radius 1 is 1.17 bits per heavy atom. The molecule has 94 valence electrons. The summed E-state index contributed by atoms with van der Waals surface area (Å²) in [6.07, 6.45) is 0.973. The van der Waals surface area contributed by atoms with E-state index in [1.54, 1.807) is 6.07 Å². The zero-order valence-corrected chi connectivity index (χ0v) is 10.9. The molecule has 0 fully saturated rings. The summed E-state index contributed by atoms with van der Waals surface area (Å²) < 4.78 is 13.7. The lowest BCUT2D eigenvalue weighted by molar-refractivity contribution is 0.599. The van der Waals surface area contributed by atoms with Gasteiger partial charge in [0.2, 0.25) is 0 Å². The van der Waals surface area contributed by atoms with E-state index in [4.69, 9.17) is 17.3 Å². The van der Waals surface area contributed by atoms with Crippen molar-refractivity contribution in [1.82, 2.24) is 0 Å². The van der Waals surface area contributed by atoms with Crippen LogP contribution in [0.4, 0.5) is 4.39 Å². The van der Waals surface area contributed by atoms with Gasteiger partial charge in [0.25, 0.3) is 0 Å². The van der Waals surface area contributed by atoms with Gasteiger partial charge in [-0.1, -0.05) is 42.8 Å². The van der Waals surface area contributed by atoms with Gasteiger partial charge in [-0.25, -0.2) is 4.39 Å². The summed E-state index contributed by atoms with van der Waals surface area (Å²) >= 11 is 5.87. The van der Waals surface area contributed by atoms with Crippen LogP contribution < -0.4 is 5.73 Å². The van der Waals surface area contributed by atoms with Gasteiger partial charge in [0.15, 0.2) is 0 Å². The Balaban J connectivity index is 2.34. The zero-order valence-electron chi connectivity index (χ0n) is 10.2. The van der Waals surface area contributed by atoms with Crippen LogP contribution in [0.25, 0.3) is 0 Å². The van der Waals surface area contributed by atoms with E-state index in [0.717, 1.165) is 12.0 Å². The maximum atomic E-state index is 13.7. The third kappa shape index (κ3) is 2.71. The quantitative estimate of drug-likeness (QED) is 0.887. The van der Waals surface area contributed by atoms with Crippen molar-refractivity contribution in [3.63, 3.8) is 0 Å². The van der Waals surface area contributed by atoms with E-state index in [1.807, 2.05) is 24.3 Å². The minimum absolute atomic E-state index is 0.327. The molecule has 0 radical (unpaired) electrons. The first kappa shape index (κ1) is 13.1. The summed E-state index contributed by atoms with van der Waals surface area (Å²) in [7, 11) is 0. The molecule has 2 N–H and O–H groups in total. The van der Waals surface area contributed by atoms with Gasteiger partial charge in [0, 0.05) is 10.6 Å². The molecule has 2 rings (SSSR count). The van der Waals surface area contributed by atoms with Crippen LogP contribution >= 0.6 is 11.6 Å². The third-order valence-electron chi connectivity index (χ3n) is 3.04. The number of nitrogens with two attached hydrogens (primary N) is 1. The van der Waals surface area contributed by atoms with Gasteiger partial charge in [-0.15, -0.1) is 0 Å².